The van der Waals surface area contributed by atoms with E-state index in [1.54, 1.807) is 23.7 Å². The van der Waals surface area contributed by atoms with E-state index in [-0.39, 0.29) is 5.91 Å². The maximum absolute atomic E-state index is 12.6. The van der Waals surface area contributed by atoms with Gasteiger partial charge in [0.15, 0.2) is 0 Å². The van der Waals surface area contributed by atoms with Gasteiger partial charge in [0.25, 0.3) is 5.91 Å². The van der Waals surface area contributed by atoms with Gasteiger partial charge in [-0.1, -0.05) is 0 Å². The van der Waals surface area contributed by atoms with E-state index in [2.05, 4.69) is 21.8 Å². The minimum atomic E-state index is 0.0945. The smallest absolute Gasteiger partial charge is 0.255 e. The number of thiazole rings is 1. The van der Waals surface area contributed by atoms with E-state index in [4.69, 9.17) is 0 Å². The van der Waals surface area contributed by atoms with E-state index < -0.39 is 0 Å². The summed E-state index contributed by atoms with van der Waals surface area (Å²) in [5, 5.41) is 0. The second kappa shape index (κ2) is 7.19. The predicted octanol–water partition coefficient (Wildman–Crippen LogP) is 2.50. The molecule has 0 saturated carbocycles. The third kappa shape index (κ3) is 3.95. The monoisotopic (exact) mass is 330 g/mol. The largest absolute Gasteiger partial charge is 0.337 e. The van der Waals surface area contributed by atoms with Gasteiger partial charge in [-0.2, -0.15) is 0 Å². The first-order chi connectivity index (χ1) is 11.1. The molecule has 0 aromatic carbocycles. The molecule has 1 saturated heterocycles. The van der Waals surface area contributed by atoms with Crippen LogP contribution in [0.3, 0.4) is 0 Å². The number of carbonyl (C=O) groups is 1. The summed E-state index contributed by atoms with van der Waals surface area (Å²) in [6.45, 7) is 8.46. The normalized spacial score (nSPS) is 16.3. The summed E-state index contributed by atoms with van der Waals surface area (Å²) < 4.78 is 0. The van der Waals surface area contributed by atoms with Crippen molar-refractivity contribution in [2.45, 2.75) is 26.8 Å². The van der Waals surface area contributed by atoms with Gasteiger partial charge in [-0.3, -0.25) is 14.7 Å². The van der Waals surface area contributed by atoms with E-state index in [9.17, 15) is 4.79 Å². The lowest BCUT2D eigenvalue weighted by Gasteiger charge is -2.22. The zero-order valence-electron chi connectivity index (χ0n) is 13.7. The van der Waals surface area contributed by atoms with Crippen LogP contribution in [-0.4, -0.2) is 51.9 Å². The summed E-state index contributed by atoms with van der Waals surface area (Å²) in [6, 6.07) is 1.92. The molecule has 3 heterocycles. The fraction of sp³-hybridized carbons (Fsp3) is 0.471. The summed E-state index contributed by atoms with van der Waals surface area (Å²) in [7, 11) is 0. The molecule has 1 aliphatic rings. The molecule has 5 nitrogen and oxygen atoms in total. The van der Waals surface area contributed by atoms with Gasteiger partial charge in [-0.25, -0.2) is 4.98 Å². The Morgan fingerprint density at radius 2 is 2.09 bits per heavy atom. The second-order valence-corrected chi connectivity index (χ2v) is 6.97. The molecule has 1 aliphatic heterocycles. The SMILES string of the molecule is Cc1cncc(C(=O)N2CCCN(Cc3scnc3C)CC2)c1. The van der Waals surface area contributed by atoms with Gasteiger partial charge < -0.3 is 4.90 Å². The molecule has 3 rings (SSSR count). The molecule has 122 valence electrons. The molecular weight excluding hydrogens is 308 g/mol. The van der Waals surface area contributed by atoms with Crippen molar-refractivity contribution in [1.29, 1.82) is 0 Å². The van der Waals surface area contributed by atoms with Crippen LogP contribution >= 0.6 is 11.3 Å². The molecule has 2 aromatic heterocycles. The Hall–Kier alpha value is -1.79. The Labute approximate surface area is 141 Å². The van der Waals surface area contributed by atoms with Crippen LogP contribution in [-0.2, 0) is 6.54 Å². The Morgan fingerprint density at radius 1 is 1.22 bits per heavy atom. The fourth-order valence-electron chi connectivity index (χ4n) is 2.87. The number of pyridine rings is 1. The molecule has 23 heavy (non-hydrogen) atoms. The first-order valence-electron chi connectivity index (χ1n) is 7.96. The van der Waals surface area contributed by atoms with Crippen LogP contribution in [0.5, 0.6) is 0 Å². The average Bonchev–Trinajstić information content (AvgIpc) is 2.81. The molecular formula is C17H22N4OS. The highest BCUT2D eigenvalue weighted by molar-refractivity contribution is 7.09. The van der Waals surface area contributed by atoms with Crippen molar-refractivity contribution in [1.82, 2.24) is 19.8 Å². The first-order valence-corrected chi connectivity index (χ1v) is 8.83. The topological polar surface area (TPSA) is 49.3 Å². The molecule has 6 heteroatoms. The zero-order valence-corrected chi connectivity index (χ0v) is 14.5. The third-order valence-electron chi connectivity index (χ3n) is 4.21. The summed E-state index contributed by atoms with van der Waals surface area (Å²) in [5.41, 5.74) is 4.74. The van der Waals surface area contributed by atoms with Crippen molar-refractivity contribution in [3.63, 3.8) is 0 Å². The van der Waals surface area contributed by atoms with Crippen LogP contribution in [0, 0.1) is 13.8 Å². The van der Waals surface area contributed by atoms with Gasteiger partial charge in [0.1, 0.15) is 0 Å². The molecule has 1 fully saturated rings. The number of hydrogen-bond acceptors (Lipinski definition) is 5. The molecule has 0 atom stereocenters. The van der Waals surface area contributed by atoms with Gasteiger partial charge in [-0.05, 0) is 31.9 Å². The number of rotatable bonds is 3. The Kier molecular flexibility index (Phi) is 5.03. The van der Waals surface area contributed by atoms with E-state index >= 15 is 0 Å². The van der Waals surface area contributed by atoms with E-state index in [0.717, 1.165) is 50.4 Å². The van der Waals surface area contributed by atoms with Crippen LogP contribution < -0.4 is 0 Å². The van der Waals surface area contributed by atoms with Crippen molar-refractivity contribution in [2.75, 3.05) is 26.2 Å². The molecule has 0 bridgehead atoms. The van der Waals surface area contributed by atoms with Crippen LogP contribution in [0.1, 0.15) is 32.9 Å². The summed E-state index contributed by atoms with van der Waals surface area (Å²) in [5.74, 6) is 0.0945. The highest BCUT2D eigenvalue weighted by Crippen LogP contribution is 2.17. The van der Waals surface area contributed by atoms with Crippen LogP contribution in [0.25, 0.3) is 0 Å². The average molecular weight is 330 g/mol. The van der Waals surface area contributed by atoms with Gasteiger partial charge >= 0.3 is 0 Å². The van der Waals surface area contributed by atoms with Crippen molar-refractivity contribution in [2.24, 2.45) is 0 Å². The van der Waals surface area contributed by atoms with Gasteiger partial charge in [0.05, 0.1) is 16.8 Å². The molecule has 1 amide bonds. The van der Waals surface area contributed by atoms with Crippen LogP contribution in [0.4, 0.5) is 0 Å². The Bertz CT molecular complexity index is 685. The maximum Gasteiger partial charge on any atom is 0.255 e. The van der Waals surface area contributed by atoms with Crippen molar-refractivity contribution >= 4 is 17.2 Å². The van der Waals surface area contributed by atoms with Gasteiger partial charge in [0.2, 0.25) is 0 Å². The number of hydrogen-bond donors (Lipinski definition) is 0. The highest BCUT2D eigenvalue weighted by Gasteiger charge is 2.21. The second-order valence-electron chi connectivity index (χ2n) is 6.03. The fourth-order valence-corrected chi connectivity index (χ4v) is 3.69. The molecule has 0 unspecified atom stereocenters. The molecule has 0 spiro atoms. The number of aryl methyl sites for hydroxylation is 2. The van der Waals surface area contributed by atoms with Crippen LogP contribution in [0.15, 0.2) is 24.0 Å². The molecule has 0 radical (unpaired) electrons. The standard InChI is InChI=1S/C17H22N4OS/c1-13-8-15(10-18-9-13)17(22)21-5-3-4-20(6-7-21)11-16-14(2)19-12-23-16/h8-10,12H,3-7,11H2,1-2H3. The van der Waals surface area contributed by atoms with Crippen molar-refractivity contribution in [3.8, 4) is 0 Å². The predicted molar refractivity (Wildman–Crippen MR) is 91.6 cm³/mol. The Morgan fingerprint density at radius 3 is 2.83 bits per heavy atom. The van der Waals surface area contributed by atoms with Gasteiger partial charge in [0, 0.05) is 50.0 Å². The molecule has 0 aliphatic carbocycles. The minimum absolute atomic E-state index is 0.0945. The quantitative estimate of drug-likeness (QED) is 0.868. The lowest BCUT2D eigenvalue weighted by Crippen LogP contribution is -2.35. The Balaban J connectivity index is 1.62. The number of nitrogens with zero attached hydrogens (tertiary/aromatic N) is 4. The number of carbonyl (C=O) groups excluding carboxylic acids is 1. The highest BCUT2D eigenvalue weighted by atomic mass is 32.1. The minimum Gasteiger partial charge on any atom is -0.337 e. The van der Waals surface area contributed by atoms with Gasteiger partial charge in [-0.15, -0.1) is 11.3 Å². The lowest BCUT2D eigenvalue weighted by molar-refractivity contribution is 0.0760. The van der Waals surface area contributed by atoms with E-state index in [0.29, 0.717) is 5.56 Å². The summed E-state index contributed by atoms with van der Waals surface area (Å²) in [4.78, 5) is 26.8. The van der Waals surface area contributed by atoms with Crippen molar-refractivity contribution in [3.05, 3.63) is 45.7 Å². The third-order valence-corrected chi connectivity index (χ3v) is 5.13. The van der Waals surface area contributed by atoms with E-state index in [1.807, 2.05) is 23.4 Å². The maximum atomic E-state index is 12.6. The van der Waals surface area contributed by atoms with Crippen LogP contribution in [0.2, 0.25) is 0 Å². The number of aromatic nitrogens is 2. The number of amides is 1. The molecule has 0 N–H and O–H groups in total. The lowest BCUT2D eigenvalue weighted by atomic mass is 10.2. The molecule has 2 aromatic rings. The first kappa shape index (κ1) is 16.1. The van der Waals surface area contributed by atoms with Crippen molar-refractivity contribution < 1.29 is 4.79 Å². The van der Waals surface area contributed by atoms with E-state index in [1.165, 1.54) is 4.88 Å². The summed E-state index contributed by atoms with van der Waals surface area (Å²) >= 11 is 1.71. The zero-order chi connectivity index (χ0) is 16.2. The summed E-state index contributed by atoms with van der Waals surface area (Å²) in [6.07, 6.45) is 4.44.